The van der Waals surface area contributed by atoms with Crippen molar-refractivity contribution in [3.05, 3.63) is 53.1 Å². The Balaban J connectivity index is 2.07. The van der Waals surface area contributed by atoms with E-state index in [-0.39, 0.29) is 6.10 Å². The Morgan fingerprint density at radius 2 is 1.85 bits per heavy atom. The highest BCUT2D eigenvalue weighted by molar-refractivity contribution is 7.98. The van der Waals surface area contributed by atoms with Gasteiger partial charge in [-0.3, -0.25) is 0 Å². The van der Waals surface area contributed by atoms with Gasteiger partial charge in [-0.05, 0) is 43.7 Å². The van der Waals surface area contributed by atoms with Crippen LogP contribution in [0.4, 0.5) is 5.69 Å². The van der Waals surface area contributed by atoms with E-state index in [2.05, 4.69) is 0 Å². The van der Waals surface area contributed by atoms with E-state index >= 15 is 0 Å². The number of para-hydroxylation sites is 1. The summed E-state index contributed by atoms with van der Waals surface area (Å²) in [5.74, 6) is 1.60. The van der Waals surface area contributed by atoms with Crippen LogP contribution in [0.1, 0.15) is 19.4 Å². The predicted octanol–water partition coefficient (Wildman–Crippen LogP) is 5.00. The van der Waals surface area contributed by atoms with E-state index in [0.29, 0.717) is 5.69 Å². The average molecular weight is 308 g/mol. The van der Waals surface area contributed by atoms with Gasteiger partial charge in [-0.2, -0.15) is 0 Å². The zero-order valence-electron chi connectivity index (χ0n) is 11.6. The second-order valence-electron chi connectivity index (χ2n) is 4.75. The summed E-state index contributed by atoms with van der Waals surface area (Å²) in [7, 11) is 0. The minimum Gasteiger partial charge on any atom is -0.489 e. The van der Waals surface area contributed by atoms with Crippen molar-refractivity contribution in [1.29, 1.82) is 0 Å². The summed E-state index contributed by atoms with van der Waals surface area (Å²) >= 11 is 7.58. The second kappa shape index (κ2) is 6.91. The van der Waals surface area contributed by atoms with Crippen LogP contribution in [0.2, 0.25) is 5.02 Å². The molecule has 2 aromatic carbocycles. The van der Waals surface area contributed by atoms with Crippen molar-refractivity contribution in [2.45, 2.75) is 30.6 Å². The van der Waals surface area contributed by atoms with E-state index in [1.165, 1.54) is 5.56 Å². The molecule has 0 spiro atoms. The maximum atomic E-state index is 6.15. The molecule has 0 aromatic heterocycles. The first kappa shape index (κ1) is 15.1. The number of nitrogen functional groups attached to an aromatic ring is 1. The first-order valence-corrected chi connectivity index (χ1v) is 7.85. The number of hydrogen-bond acceptors (Lipinski definition) is 3. The van der Waals surface area contributed by atoms with Crippen LogP contribution in [0.25, 0.3) is 0 Å². The van der Waals surface area contributed by atoms with Gasteiger partial charge in [0.05, 0.1) is 11.8 Å². The maximum absolute atomic E-state index is 6.15. The number of rotatable bonds is 5. The van der Waals surface area contributed by atoms with Gasteiger partial charge in [-0.1, -0.05) is 29.8 Å². The number of ether oxygens (including phenoxy) is 1. The molecule has 20 heavy (non-hydrogen) atoms. The Morgan fingerprint density at radius 3 is 2.50 bits per heavy atom. The summed E-state index contributed by atoms with van der Waals surface area (Å²) < 4.78 is 5.70. The lowest BCUT2D eigenvalue weighted by Crippen LogP contribution is -2.07. The smallest absolute Gasteiger partial charge is 0.143 e. The summed E-state index contributed by atoms with van der Waals surface area (Å²) in [4.78, 5) is 1.04. The Labute approximate surface area is 129 Å². The highest BCUT2D eigenvalue weighted by Crippen LogP contribution is 2.34. The lowest BCUT2D eigenvalue weighted by molar-refractivity contribution is 0.243. The molecule has 0 saturated carbocycles. The topological polar surface area (TPSA) is 35.2 Å². The van der Waals surface area contributed by atoms with Gasteiger partial charge in [0, 0.05) is 15.7 Å². The van der Waals surface area contributed by atoms with Crippen LogP contribution in [0.5, 0.6) is 5.75 Å². The average Bonchev–Trinajstić information content (AvgIpc) is 2.41. The lowest BCUT2D eigenvalue weighted by atomic mass is 10.2. The fourth-order valence-corrected chi connectivity index (χ4v) is 2.82. The van der Waals surface area contributed by atoms with E-state index < -0.39 is 0 Å². The normalized spacial score (nSPS) is 10.8. The second-order valence-corrected chi connectivity index (χ2v) is 6.20. The minimum atomic E-state index is 0.119. The highest BCUT2D eigenvalue weighted by Gasteiger charge is 2.08. The van der Waals surface area contributed by atoms with Gasteiger partial charge in [0.1, 0.15) is 5.75 Å². The molecule has 2 nitrogen and oxygen atoms in total. The van der Waals surface area contributed by atoms with Crippen molar-refractivity contribution >= 4 is 29.1 Å². The molecule has 0 aliphatic carbocycles. The van der Waals surface area contributed by atoms with E-state index in [0.717, 1.165) is 21.4 Å². The first-order valence-electron chi connectivity index (χ1n) is 6.48. The number of thioether (sulfide) groups is 1. The monoisotopic (exact) mass is 307 g/mol. The molecule has 0 bridgehead atoms. The van der Waals surface area contributed by atoms with Crippen molar-refractivity contribution in [2.75, 3.05) is 5.73 Å². The Kier molecular flexibility index (Phi) is 5.21. The molecule has 2 aromatic rings. The number of anilines is 1. The summed E-state index contributed by atoms with van der Waals surface area (Å²) in [6.07, 6.45) is 0.119. The number of hydrogen-bond donors (Lipinski definition) is 1. The van der Waals surface area contributed by atoms with E-state index in [1.807, 2.05) is 56.3 Å². The fourth-order valence-electron chi connectivity index (χ4n) is 1.75. The molecule has 0 heterocycles. The van der Waals surface area contributed by atoms with Crippen molar-refractivity contribution in [2.24, 2.45) is 0 Å². The standard InChI is InChI=1S/C16H18ClNOS/c1-11(2)19-14-4-3-5-15(16(14)18)20-10-12-6-8-13(17)9-7-12/h3-9,11H,10,18H2,1-2H3. The largest absolute Gasteiger partial charge is 0.489 e. The van der Waals surface area contributed by atoms with Crippen LogP contribution in [0.15, 0.2) is 47.4 Å². The van der Waals surface area contributed by atoms with E-state index in [4.69, 9.17) is 22.1 Å². The molecule has 4 heteroatoms. The van der Waals surface area contributed by atoms with Crippen molar-refractivity contribution in [1.82, 2.24) is 0 Å². The van der Waals surface area contributed by atoms with E-state index in [1.54, 1.807) is 11.8 Å². The van der Waals surface area contributed by atoms with Crippen molar-refractivity contribution in [3.63, 3.8) is 0 Å². The van der Waals surface area contributed by atoms with E-state index in [9.17, 15) is 0 Å². The van der Waals surface area contributed by atoms with Gasteiger partial charge in [0.25, 0.3) is 0 Å². The minimum absolute atomic E-state index is 0.119. The summed E-state index contributed by atoms with van der Waals surface area (Å²) in [5, 5.41) is 0.755. The number of nitrogens with two attached hydrogens (primary N) is 1. The van der Waals surface area contributed by atoms with Gasteiger partial charge < -0.3 is 10.5 Å². The molecule has 106 valence electrons. The molecular formula is C16H18ClNOS. The molecule has 2 N–H and O–H groups in total. The third kappa shape index (κ3) is 4.09. The molecule has 0 atom stereocenters. The van der Waals surface area contributed by atoms with Crippen molar-refractivity contribution in [3.8, 4) is 5.75 Å². The summed E-state index contributed by atoms with van der Waals surface area (Å²) in [6.45, 7) is 3.99. The molecule has 0 fully saturated rings. The lowest BCUT2D eigenvalue weighted by Gasteiger charge is -2.14. The zero-order valence-corrected chi connectivity index (χ0v) is 13.2. The number of benzene rings is 2. The molecule has 0 saturated heterocycles. The van der Waals surface area contributed by atoms with Gasteiger partial charge in [0.15, 0.2) is 0 Å². The third-order valence-electron chi connectivity index (χ3n) is 2.70. The Morgan fingerprint density at radius 1 is 1.15 bits per heavy atom. The zero-order chi connectivity index (χ0) is 14.5. The molecule has 0 radical (unpaired) electrons. The van der Waals surface area contributed by atoms with Crippen LogP contribution in [-0.4, -0.2) is 6.10 Å². The molecule has 2 rings (SSSR count). The van der Waals surface area contributed by atoms with Crippen LogP contribution in [-0.2, 0) is 5.75 Å². The molecule has 0 amide bonds. The van der Waals surface area contributed by atoms with Crippen molar-refractivity contribution < 1.29 is 4.74 Å². The Hall–Kier alpha value is -1.32. The summed E-state index contributed by atoms with van der Waals surface area (Å²) in [6, 6.07) is 13.8. The van der Waals surface area contributed by atoms with Gasteiger partial charge >= 0.3 is 0 Å². The fraction of sp³-hybridized carbons (Fsp3) is 0.250. The first-order chi connectivity index (χ1) is 9.56. The van der Waals surface area contributed by atoms with Crippen LogP contribution in [0, 0.1) is 0 Å². The molecular weight excluding hydrogens is 290 g/mol. The van der Waals surface area contributed by atoms with Gasteiger partial charge in [0.2, 0.25) is 0 Å². The number of halogens is 1. The predicted molar refractivity (Wildman–Crippen MR) is 87.6 cm³/mol. The SMILES string of the molecule is CC(C)Oc1cccc(SCc2ccc(Cl)cc2)c1N. The molecule has 0 aliphatic heterocycles. The summed E-state index contributed by atoms with van der Waals surface area (Å²) in [5.41, 5.74) is 8.08. The quantitative estimate of drug-likeness (QED) is 0.623. The van der Waals surface area contributed by atoms with Gasteiger partial charge in [-0.25, -0.2) is 0 Å². The van der Waals surface area contributed by atoms with Crippen LogP contribution < -0.4 is 10.5 Å². The van der Waals surface area contributed by atoms with Crippen LogP contribution >= 0.6 is 23.4 Å². The highest BCUT2D eigenvalue weighted by atomic mass is 35.5. The molecule has 0 unspecified atom stereocenters. The maximum Gasteiger partial charge on any atom is 0.143 e. The van der Waals surface area contributed by atoms with Gasteiger partial charge in [-0.15, -0.1) is 11.8 Å². The third-order valence-corrected chi connectivity index (χ3v) is 4.09. The van der Waals surface area contributed by atoms with Crippen LogP contribution in [0.3, 0.4) is 0 Å². The Bertz CT molecular complexity index is 569. The molecule has 0 aliphatic rings.